The normalized spacial score (nSPS) is 20.2. The van der Waals surface area contributed by atoms with Crippen molar-refractivity contribution in [3.8, 4) is 0 Å². The predicted octanol–water partition coefficient (Wildman–Crippen LogP) is 6.74. The molecule has 4 rings (SSSR count). The van der Waals surface area contributed by atoms with Crippen LogP contribution in [0, 0.1) is 11.8 Å². The van der Waals surface area contributed by atoms with Gasteiger partial charge in [-0.1, -0.05) is 72.2 Å². The van der Waals surface area contributed by atoms with Crippen LogP contribution in [0.15, 0.2) is 59.1 Å². The fraction of sp³-hybridized carbons (Fsp3) is 0.562. The molecule has 6 nitrogen and oxygen atoms in total. The number of likely N-dealkylation sites (tertiary alicyclic amines) is 1. The predicted molar refractivity (Wildman–Crippen MR) is 159 cm³/mol. The summed E-state index contributed by atoms with van der Waals surface area (Å²) in [5.41, 5.74) is 2.05. The maximum Gasteiger partial charge on any atom is 0.410 e. The van der Waals surface area contributed by atoms with Crippen LogP contribution in [0.25, 0.3) is 0 Å². The van der Waals surface area contributed by atoms with Crippen molar-refractivity contribution in [1.29, 1.82) is 0 Å². The first-order chi connectivity index (χ1) is 18.5. The standard InChI is InChI=1S/C32H44BrN3O3/c1-23(2)28-22-35(30(25-9-7-6-8-10-25)26-11-13-27(33)14-12-26)19-20-36(28)29(37)21-24-15-17-34(18-16-24)31(38)39-32(3,4)5/h6-14,23-24,28,30H,15-22H2,1-5H3/t28-,30?/m1/s1. The summed E-state index contributed by atoms with van der Waals surface area (Å²) in [6.07, 6.45) is 2.00. The number of carbonyl (C=O) groups is 2. The summed E-state index contributed by atoms with van der Waals surface area (Å²) >= 11 is 3.58. The number of nitrogens with zero attached hydrogens (tertiary/aromatic N) is 3. The van der Waals surface area contributed by atoms with Crippen LogP contribution >= 0.6 is 15.9 Å². The third kappa shape index (κ3) is 7.85. The van der Waals surface area contributed by atoms with Crippen molar-refractivity contribution in [2.24, 2.45) is 11.8 Å². The number of piperazine rings is 1. The first-order valence-corrected chi connectivity index (χ1v) is 15.1. The van der Waals surface area contributed by atoms with Gasteiger partial charge in [0.2, 0.25) is 5.91 Å². The van der Waals surface area contributed by atoms with Gasteiger partial charge in [0.15, 0.2) is 0 Å². The molecule has 1 unspecified atom stereocenters. The summed E-state index contributed by atoms with van der Waals surface area (Å²) in [7, 11) is 0. The number of halogens is 1. The van der Waals surface area contributed by atoms with E-state index >= 15 is 0 Å². The highest BCUT2D eigenvalue weighted by molar-refractivity contribution is 9.10. The maximum atomic E-state index is 13.6. The van der Waals surface area contributed by atoms with Gasteiger partial charge in [-0.05, 0) is 68.7 Å². The van der Waals surface area contributed by atoms with Crippen LogP contribution in [0.4, 0.5) is 4.79 Å². The van der Waals surface area contributed by atoms with E-state index in [1.165, 1.54) is 11.1 Å². The minimum absolute atomic E-state index is 0.148. The number of hydrogen-bond donors (Lipinski definition) is 0. The number of rotatable bonds is 6. The second-order valence-electron chi connectivity index (χ2n) is 12.4. The molecule has 2 heterocycles. The van der Waals surface area contributed by atoms with E-state index in [2.05, 4.69) is 94.2 Å². The zero-order valence-electron chi connectivity index (χ0n) is 24.1. The zero-order chi connectivity index (χ0) is 28.2. The van der Waals surface area contributed by atoms with Crippen LogP contribution in [0.2, 0.25) is 0 Å². The van der Waals surface area contributed by atoms with Gasteiger partial charge in [0.25, 0.3) is 0 Å². The third-order valence-electron chi connectivity index (χ3n) is 7.94. The van der Waals surface area contributed by atoms with Gasteiger partial charge in [-0.3, -0.25) is 9.69 Å². The van der Waals surface area contributed by atoms with Crippen molar-refractivity contribution in [1.82, 2.24) is 14.7 Å². The molecular weight excluding hydrogens is 554 g/mol. The van der Waals surface area contributed by atoms with Crippen LogP contribution < -0.4 is 0 Å². The molecule has 0 N–H and O–H groups in total. The first-order valence-electron chi connectivity index (χ1n) is 14.3. The Labute approximate surface area is 242 Å². The lowest BCUT2D eigenvalue weighted by Crippen LogP contribution is -2.58. The second kappa shape index (κ2) is 12.9. The smallest absolute Gasteiger partial charge is 0.410 e. The monoisotopic (exact) mass is 597 g/mol. The SMILES string of the molecule is CC(C)[C@H]1CN(C(c2ccccc2)c2ccc(Br)cc2)CCN1C(=O)CC1CCN(C(=O)OC(C)(C)C)CC1. The fourth-order valence-electron chi connectivity index (χ4n) is 5.85. The van der Waals surface area contributed by atoms with Crippen molar-refractivity contribution in [2.45, 2.75) is 71.6 Å². The maximum absolute atomic E-state index is 13.6. The molecule has 2 saturated heterocycles. The van der Waals surface area contributed by atoms with Gasteiger partial charge in [0.05, 0.1) is 6.04 Å². The summed E-state index contributed by atoms with van der Waals surface area (Å²) < 4.78 is 6.61. The number of benzene rings is 2. The van der Waals surface area contributed by atoms with Crippen molar-refractivity contribution >= 4 is 27.9 Å². The van der Waals surface area contributed by atoms with Gasteiger partial charge < -0.3 is 14.5 Å². The highest BCUT2D eigenvalue weighted by Crippen LogP contribution is 2.33. The largest absolute Gasteiger partial charge is 0.444 e. The average molecular weight is 599 g/mol. The lowest BCUT2D eigenvalue weighted by Gasteiger charge is -2.47. The minimum Gasteiger partial charge on any atom is -0.444 e. The van der Waals surface area contributed by atoms with E-state index in [1.807, 2.05) is 20.8 Å². The van der Waals surface area contributed by atoms with Crippen LogP contribution in [0.5, 0.6) is 0 Å². The molecule has 0 radical (unpaired) electrons. The number of piperidine rings is 1. The molecule has 2 fully saturated rings. The third-order valence-corrected chi connectivity index (χ3v) is 8.46. The summed E-state index contributed by atoms with van der Waals surface area (Å²) in [6.45, 7) is 13.8. The Hall–Kier alpha value is -2.38. The van der Waals surface area contributed by atoms with Crippen LogP contribution in [0.1, 0.15) is 71.0 Å². The summed E-state index contributed by atoms with van der Waals surface area (Å²) in [5.74, 6) is 0.915. The fourth-order valence-corrected chi connectivity index (χ4v) is 6.12. The molecule has 0 aromatic heterocycles. The molecule has 2 aliphatic heterocycles. The van der Waals surface area contributed by atoms with Crippen molar-refractivity contribution < 1.29 is 14.3 Å². The lowest BCUT2D eigenvalue weighted by atomic mass is 9.90. The summed E-state index contributed by atoms with van der Waals surface area (Å²) in [5, 5.41) is 0. The molecular formula is C32H44BrN3O3. The van der Waals surface area contributed by atoms with Crippen LogP contribution in [-0.4, -0.2) is 71.1 Å². The average Bonchev–Trinajstić information content (AvgIpc) is 2.90. The van der Waals surface area contributed by atoms with Crippen molar-refractivity contribution in [3.63, 3.8) is 0 Å². The summed E-state index contributed by atoms with van der Waals surface area (Å²) in [4.78, 5) is 32.5. The van der Waals surface area contributed by atoms with E-state index in [0.29, 0.717) is 31.3 Å². The quantitative estimate of drug-likeness (QED) is 0.370. The molecule has 2 atom stereocenters. The zero-order valence-corrected chi connectivity index (χ0v) is 25.7. The van der Waals surface area contributed by atoms with Gasteiger partial charge in [-0.2, -0.15) is 0 Å². The Kier molecular flexibility index (Phi) is 9.76. The molecule has 7 heteroatoms. The van der Waals surface area contributed by atoms with Gasteiger partial charge in [-0.15, -0.1) is 0 Å². The highest BCUT2D eigenvalue weighted by atomic mass is 79.9. The van der Waals surface area contributed by atoms with E-state index in [1.54, 1.807) is 4.90 Å². The Morgan fingerprint density at radius 3 is 2.13 bits per heavy atom. The molecule has 2 aromatic rings. The highest BCUT2D eigenvalue weighted by Gasteiger charge is 2.37. The molecule has 0 spiro atoms. The summed E-state index contributed by atoms with van der Waals surface area (Å²) in [6, 6.07) is 19.6. The Balaban J connectivity index is 1.41. The van der Waals surface area contributed by atoms with E-state index in [4.69, 9.17) is 4.74 Å². The second-order valence-corrected chi connectivity index (χ2v) is 13.3. The van der Waals surface area contributed by atoms with Crippen LogP contribution in [0.3, 0.4) is 0 Å². The Morgan fingerprint density at radius 2 is 1.54 bits per heavy atom. The van der Waals surface area contributed by atoms with Crippen molar-refractivity contribution in [3.05, 3.63) is 70.2 Å². The van der Waals surface area contributed by atoms with Gasteiger partial charge >= 0.3 is 6.09 Å². The number of amides is 2. The molecule has 2 aliphatic rings. The van der Waals surface area contributed by atoms with Gasteiger partial charge in [-0.25, -0.2) is 4.79 Å². The van der Waals surface area contributed by atoms with Gasteiger partial charge in [0, 0.05) is 49.7 Å². The number of hydrogen-bond acceptors (Lipinski definition) is 4. The Morgan fingerprint density at radius 1 is 0.923 bits per heavy atom. The number of ether oxygens (including phenoxy) is 1. The van der Waals surface area contributed by atoms with E-state index in [-0.39, 0.29) is 24.1 Å². The molecule has 39 heavy (non-hydrogen) atoms. The van der Waals surface area contributed by atoms with E-state index in [0.717, 1.165) is 36.9 Å². The molecule has 0 aliphatic carbocycles. The molecule has 0 bridgehead atoms. The molecule has 212 valence electrons. The lowest BCUT2D eigenvalue weighted by molar-refractivity contribution is -0.139. The first kappa shape index (κ1) is 29.6. The molecule has 2 amide bonds. The van der Waals surface area contributed by atoms with Crippen LogP contribution in [-0.2, 0) is 9.53 Å². The van der Waals surface area contributed by atoms with E-state index in [9.17, 15) is 9.59 Å². The number of carbonyl (C=O) groups excluding carboxylic acids is 2. The Bertz CT molecular complexity index is 1090. The van der Waals surface area contributed by atoms with E-state index < -0.39 is 5.60 Å². The van der Waals surface area contributed by atoms with Crippen molar-refractivity contribution in [2.75, 3.05) is 32.7 Å². The topological polar surface area (TPSA) is 53.1 Å². The van der Waals surface area contributed by atoms with Gasteiger partial charge in [0.1, 0.15) is 5.60 Å². The minimum atomic E-state index is -0.491. The molecule has 2 aromatic carbocycles. The molecule has 0 saturated carbocycles.